The number of ether oxygens (including phenoxy) is 1. The molecule has 4 heterocycles. The Labute approximate surface area is 164 Å². The van der Waals surface area contributed by atoms with Crippen LogP contribution in [0.25, 0.3) is 0 Å². The molecule has 1 spiro atoms. The first kappa shape index (κ1) is 18.7. The Kier molecular flexibility index (Phi) is 5.34. The highest BCUT2D eigenvalue weighted by Crippen LogP contribution is 2.44. The molecule has 0 atom stereocenters. The topological polar surface area (TPSA) is 59.4 Å². The van der Waals surface area contributed by atoms with Gasteiger partial charge < -0.3 is 19.5 Å². The maximum atomic E-state index is 12.7. The average molecular weight is 389 g/mol. The van der Waals surface area contributed by atoms with Crippen LogP contribution in [0.3, 0.4) is 0 Å². The number of piperidine rings is 1. The van der Waals surface area contributed by atoms with E-state index in [0.717, 1.165) is 62.7 Å². The summed E-state index contributed by atoms with van der Waals surface area (Å²) in [5.74, 6) is 0.875. The van der Waals surface area contributed by atoms with E-state index < -0.39 is 0 Å². The number of likely N-dealkylation sites (tertiary alicyclic amines) is 1. The Hall–Kier alpha value is -1.70. The molecule has 7 heteroatoms. The molecule has 1 N–H and O–H groups in total. The number of carbonyl (C=O) groups excluding carboxylic acids is 1. The van der Waals surface area contributed by atoms with Gasteiger partial charge in [-0.3, -0.25) is 4.79 Å². The number of imidazole rings is 1. The van der Waals surface area contributed by atoms with Crippen LogP contribution in [0.5, 0.6) is 0 Å². The quantitative estimate of drug-likeness (QED) is 0.856. The molecule has 1 fully saturated rings. The van der Waals surface area contributed by atoms with Gasteiger partial charge in [0.2, 0.25) is 0 Å². The van der Waals surface area contributed by atoms with Gasteiger partial charge in [-0.25, -0.2) is 4.98 Å². The summed E-state index contributed by atoms with van der Waals surface area (Å²) in [7, 11) is 0. The van der Waals surface area contributed by atoms with E-state index in [-0.39, 0.29) is 11.5 Å². The van der Waals surface area contributed by atoms with Gasteiger partial charge in [0, 0.05) is 43.3 Å². The third-order valence-corrected chi connectivity index (χ3v) is 7.09. The minimum atomic E-state index is -0.188. The molecule has 0 aromatic carbocycles. The largest absolute Gasteiger partial charge is 0.370 e. The number of nitrogens with one attached hydrogen (secondary N) is 1. The molecule has 0 aliphatic carbocycles. The summed E-state index contributed by atoms with van der Waals surface area (Å²) in [6, 6.07) is 2.09. The summed E-state index contributed by atoms with van der Waals surface area (Å²) in [5.41, 5.74) is 1.07. The van der Waals surface area contributed by atoms with Crippen molar-refractivity contribution < 1.29 is 9.53 Å². The molecular formula is C20H28N4O2S. The molecule has 4 rings (SSSR count). The van der Waals surface area contributed by atoms with E-state index in [9.17, 15) is 4.79 Å². The number of amides is 1. The fraction of sp³-hybridized carbons (Fsp3) is 0.600. The van der Waals surface area contributed by atoms with Crippen LogP contribution in [0.1, 0.15) is 52.6 Å². The molecule has 146 valence electrons. The molecule has 0 bridgehead atoms. The van der Waals surface area contributed by atoms with Crippen LogP contribution < -0.4 is 5.32 Å². The highest BCUT2D eigenvalue weighted by Gasteiger charge is 2.42. The van der Waals surface area contributed by atoms with Crippen LogP contribution in [0.4, 0.5) is 0 Å². The molecule has 0 unspecified atom stereocenters. The number of rotatable bonds is 5. The molecule has 1 amide bonds. The first-order chi connectivity index (χ1) is 13.1. The van der Waals surface area contributed by atoms with Gasteiger partial charge in [0.25, 0.3) is 5.91 Å². The van der Waals surface area contributed by atoms with Crippen LogP contribution >= 0.6 is 11.3 Å². The lowest BCUT2D eigenvalue weighted by molar-refractivity contribution is -0.0964. The van der Waals surface area contributed by atoms with Gasteiger partial charge in [0.15, 0.2) is 0 Å². The zero-order chi connectivity index (χ0) is 18.9. The molecule has 6 nitrogen and oxygen atoms in total. The summed E-state index contributed by atoms with van der Waals surface area (Å²) < 4.78 is 8.35. The molecule has 2 aliphatic heterocycles. The highest BCUT2D eigenvalue weighted by atomic mass is 32.1. The molecule has 1 saturated heterocycles. The second-order valence-electron chi connectivity index (χ2n) is 7.29. The van der Waals surface area contributed by atoms with Gasteiger partial charge in [-0.2, -0.15) is 0 Å². The second kappa shape index (κ2) is 7.73. The molecule has 0 saturated carbocycles. The lowest BCUT2D eigenvalue weighted by atomic mass is 9.82. The lowest BCUT2D eigenvalue weighted by Gasteiger charge is -2.43. The highest BCUT2D eigenvalue weighted by molar-refractivity contribution is 7.14. The average Bonchev–Trinajstić information content (AvgIpc) is 3.34. The van der Waals surface area contributed by atoms with E-state index in [1.807, 2.05) is 10.8 Å². The number of hydrogen-bond acceptors (Lipinski definition) is 5. The maximum absolute atomic E-state index is 12.7. The zero-order valence-electron chi connectivity index (χ0n) is 16.2. The van der Waals surface area contributed by atoms with Crippen LogP contribution in [-0.2, 0) is 29.8 Å². The van der Waals surface area contributed by atoms with Gasteiger partial charge in [0.1, 0.15) is 5.82 Å². The summed E-state index contributed by atoms with van der Waals surface area (Å²) in [5, 5.41) is 3.03. The van der Waals surface area contributed by atoms with Crippen molar-refractivity contribution in [1.82, 2.24) is 19.8 Å². The van der Waals surface area contributed by atoms with Crippen molar-refractivity contribution in [2.24, 2.45) is 0 Å². The van der Waals surface area contributed by atoms with E-state index in [4.69, 9.17) is 4.74 Å². The number of aryl methyl sites for hydroxylation is 1. The normalized spacial score (nSPS) is 19.2. The van der Waals surface area contributed by atoms with Crippen molar-refractivity contribution in [3.8, 4) is 0 Å². The monoisotopic (exact) mass is 388 g/mol. The zero-order valence-corrected chi connectivity index (χ0v) is 17.0. The van der Waals surface area contributed by atoms with E-state index >= 15 is 0 Å². The van der Waals surface area contributed by atoms with E-state index in [2.05, 4.69) is 35.1 Å². The van der Waals surface area contributed by atoms with E-state index in [1.165, 1.54) is 10.4 Å². The summed E-state index contributed by atoms with van der Waals surface area (Å²) in [4.78, 5) is 21.7. The maximum Gasteiger partial charge on any atom is 0.261 e. The summed E-state index contributed by atoms with van der Waals surface area (Å²) in [6.45, 7) is 9.57. The number of hydrogen-bond donors (Lipinski definition) is 1. The third-order valence-electron chi connectivity index (χ3n) is 5.89. The molecule has 2 aromatic heterocycles. The first-order valence-electron chi connectivity index (χ1n) is 9.93. The Bertz CT molecular complexity index is 805. The molecule has 0 radical (unpaired) electrons. The van der Waals surface area contributed by atoms with Crippen molar-refractivity contribution in [1.29, 1.82) is 0 Å². The van der Waals surface area contributed by atoms with Crippen LogP contribution in [0.15, 0.2) is 18.5 Å². The second-order valence-corrected chi connectivity index (χ2v) is 8.42. The number of aromatic nitrogens is 2. The third kappa shape index (κ3) is 3.56. The Balaban J connectivity index is 1.49. The molecule has 2 aromatic rings. The first-order valence-corrected chi connectivity index (χ1v) is 10.7. The molecular weight excluding hydrogens is 360 g/mol. The predicted octanol–water partition coefficient (Wildman–Crippen LogP) is 2.78. The molecule has 2 aliphatic rings. The van der Waals surface area contributed by atoms with Crippen molar-refractivity contribution in [3.05, 3.63) is 39.6 Å². The number of carbonyl (C=O) groups is 1. The fourth-order valence-electron chi connectivity index (χ4n) is 4.21. The number of fused-ring (bicyclic) bond motifs is 2. The smallest absolute Gasteiger partial charge is 0.261 e. The number of thiophene rings is 1. The lowest BCUT2D eigenvalue weighted by Crippen LogP contribution is -2.46. The Morgan fingerprint density at radius 2 is 2.15 bits per heavy atom. The standard InChI is InChI=1S/C20H28N4O2S/c1-3-23-9-6-20(7-10-23)15-13-17(27-16(15)5-12-26-20)19(25)22-14-18-21-8-11-24(18)4-2/h8,11,13H,3-7,9-10,12,14H2,1-2H3,(H,22,25). The van der Waals surface area contributed by atoms with Crippen molar-refractivity contribution in [2.45, 2.75) is 51.8 Å². The minimum Gasteiger partial charge on any atom is -0.370 e. The van der Waals surface area contributed by atoms with Crippen molar-refractivity contribution in [3.63, 3.8) is 0 Å². The fourth-order valence-corrected chi connectivity index (χ4v) is 5.36. The Morgan fingerprint density at radius 3 is 2.89 bits per heavy atom. The van der Waals surface area contributed by atoms with E-state index in [1.54, 1.807) is 17.5 Å². The van der Waals surface area contributed by atoms with Gasteiger partial charge in [0.05, 0.1) is 23.6 Å². The predicted molar refractivity (Wildman–Crippen MR) is 106 cm³/mol. The van der Waals surface area contributed by atoms with Gasteiger partial charge in [-0.1, -0.05) is 6.92 Å². The van der Waals surface area contributed by atoms with Crippen LogP contribution in [-0.4, -0.2) is 46.6 Å². The number of nitrogens with zero attached hydrogens (tertiary/aromatic N) is 3. The Morgan fingerprint density at radius 1 is 1.33 bits per heavy atom. The minimum absolute atomic E-state index is 0.0128. The summed E-state index contributed by atoms with van der Waals surface area (Å²) >= 11 is 1.63. The summed E-state index contributed by atoms with van der Waals surface area (Å²) in [6.07, 6.45) is 6.65. The van der Waals surface area contributed by atoms with Gasteiger partial charge >= 0.3 is 0 Å². The van der Waals surface area contributed by atoms with Crippen molar-refractivity contribution >= 4 is 17.2 Å². The van der Waals surface area contributed by atoms with Crippen molar-refractivity contribution in [2.75, 3.05) is 26.2 Å². The molecule has 27 heavy (non-hydrogen) atoms. The van der Waals surface area contributed by atoms with Crippen LogP contribution in [0, 0.1) is 0 Å². The van der Waals surface area contributed by atoms with Gasteiger partial charge in [-0.05, 0) is 37.9 Å². The SMILES string of the molecule is CCN1CCC2(CC1)OCCc1sc(C(=O)NCc3nccn3CC)cc12. The van der Waals surface area contributed by atoms with E-state index in [0.29, 0.717) is 6.54 Å². The van der Waals surface area contributed by atoms with Crippen LogP contribution in [0.2, 0.25) is 0 Å². The van der Waals surface area contributed by atoms with Gasteiger partial charge in [-0.15, -0.1) is 11.3 Å².